The minimum absolute atomic E-state index is 0.0880. The maximum absolute atomic E-state index is 12.5. The first-order chi connectivity index (χ1) is 39.7. The van der Waals surface area contributed by atoms with Gasteiger partial charge in [0.1, 0.15) is 34.5 Å². The van der Waals surface area contributed by atoms with Gasteiger partial charge in [0.25, 0.3) is 0 Å². The molecule has 6 aromatic rings. The van der Waals surface area contributed by atoms with Gasteiger partial charge in [-0.05, 0) is 184 Å². The summed E-state index contributed by atoms with van der Waals surface area (Å²) in [6.07, 6.45) is 0. The molecule has 6 aromatic carbocycles. The molecule has 0 aliphatic heterocycles. The van der Waals surface area contributed by atoms with Crippen LogP contribution in [0.3, 0.4) is 0 Å². The number of aryl methyl sites for hydroxylation is 6. The van der Waals surface area contributed by atoms with Crippen molar-refractivity contribution in [2.24, 2.45) is 0 Å². The summed E-state index contributed by atoms with van der Waals surface area (Å²) >= 11 is 5.47. The summed E-state index contributed by atoms with van der Waals surface area (Å²) in [6, 6.07) is 36.7. The van der Waals surface area contributed by atoms with Crippen molar-refractivity contribution in [3.05, 3.63) is 185 Å². The molecule has 2 N–H and O–H groups in total. The van der Waals surface area contributed by atoms with Gasteiger partial charge in [-0.1, -0.05) is 61.1 Å². The van der Waals surface area contributed by atoms with Gasteiger partial charge in [0.15, 0.2) is 25.3 Å². The van der Waals surface area contributed by atoms with Crippen LogP contribution < -0.4 is 14.2 Å². The minimum atomic E-state index is -6.06. The van der Waals surface area contributed by atoms with Crippen LogP contribution in [-0.4, -0.2) is 95.3 Å². The van der Waals surface area contributed by atoms with E-state index in [1.54, 1.807) is 12.1 Å². The Hall–Kier alpha value is -5.44. The van der Waals surface area contributed by atoms with E-state index >= 15 is 0 Å². The second-order valence-corrected chi connectivity index (χ2v) is 25.0. The van der Waals surface area contributed by atoms with E-state index in [0.29, 0.717) is 33.9 Å². The van der Waals surface area contributed by atoms with E-state index in [1.165, 1.54) is 67.3 Å². The fraction of sp³-hybridized carbons (Fsp3) is 0.271. The second-order valence-electron chi connectivity index (χ2n) is 17.4. The summed E-state index contributed by atoms with van der Waals surface area (Å²) in [6.45, 7) is 21.9. The van der Waals surface area contributed by atoms with Crippen molar-refractivity contribution in [2.45, 2.75) is 75.7 Å². The van der Waals surface area contributed by atoms with E-state index in [0.717, 1.165) is 40.2 Å². The summed E-state index contributed by atoms with van der Waals surface area (Å²) < 4.78 is 114. The molecule has 19 nitrogen and oxygen atoms in total. The summed E-state index contributed by atoms with van der Waals surface area (Å²) in [7, 11) is -4.22. The van der Waals surface area contributed by atoms with Crippen molar-refractivity contribution in [3.63, 3.8) is 0 Å². The SMILES string of the molecule is C=C(CBr)C(=O)OC.C=C(CS(=O)(=O)c1ccc(Oc2ccc(C)c(C)c2)cc1)C(=O)OC.CC.COC(=O)C(O)(CO)CS(=O)(=O)c1ccc(Oc2ccc(C)c(C)c2)cc1.Cc1ccc(Oc2ccc(S)cc2)cc1C.II.[O]=[Os](=[O])(=[O])=[O]. The number of hydrogen-bond acceptors (Lipinski definition) is 20. The number of carbonyl (C=O) groups is 3. The first kappa shape index (κ1) is 79.6. The van der Waals surface area contributed by atoms with Crippen molar-refractivity contribution >= 4 is 103 Å². The zero-order valence-electron chi connectivity index (χ0n) is 48.5. The fourth-order valence-electron chi connectivity index (χ4n) is 6.16. The van der Waals surface area contributed by atoms with Gasteiger partial charge in [-0.3, -0.25) is 0 Å². The molecule has 466 valence electrons. The number of carbonyl (C=O) groups excluding carboxylic acids is 3. The van der Waals surface area contributed by atoms with Crippen LogP contribution in [0, 0.1) is 41.5 Å². The molecule has 1 unspecified atom stereocenters. The zero-order valence-corrected chi connectivity index (χ0v) is 59.4. The third-order valence-corrected chi connectivity index (χ3v) is 15.6. The number of aliphatic hydroxyl groups is 2. The summed E-state index contributed by atoms with van der Waals surface area (Å²) in [5.74, 6) is 0.153. The molecule has 0 fully saturated rings. The molecule has 6 rings (SSSR count). The zero-order chi connectivity index (χ0) is 65.5. The topological polar surface area (TPSA) is 284 Å². The van der Waals surface area contributed by atoms with Crippen LogP contribution in [0.15, 0.2) is 166 Å². The molecule has 0 aliphatic carbocycles. The molecule has 0 bridgehead atoms. The van der Waals surface area contributed by atoms with Gasteiger partial charge in [0.05, 0.1) is 49.2 Å². The Labute approximate surface area is 537 Å². The summed E-state index contributed by atoms with van der Waals surface area (Å²) in [4.78, 5) is 34.2. The number of thiol groups is 1. The maximum atomic E-state index is 12.5. The Morgan fingerprint density at radius 1 is 0.529 bits per heavy atom. The van der Waals surface area contributed by atoms with Crippen molar-refractivity contribution in [3.8, 4) is 34.5 Å². The van der Waals surface area contributed by atoms with E-state index in [1.807, 2.05) is 114 Å². The van der Waals surface area contributed by atoms with Crippen LogP contribution >= 0.6 is 65.8 Å². The molecule has 0 aliphatic rings. The first-order valence-electron chi connectivity index (χ1n) is 24.6. The molecular weight excluding hydrogens is 1630 g/mol. The van der Waals surface area contributed by atoms with Crippen molar-refractivity contribution in [2.75, 3.05) is 44.8 Å². The van der Waals surface area contributed by atoms with Crippen LogP contribution in [0.5, 0.6) is 34.5 Å². The Morgan fingerprint density at radius 3 is 1.09 bits per heavy atom. The fourth-order valence-corrected chi connectivity index (χ4v) is 9.38. The van der Waals surface area contributed by atoms with E-state index < -0.39 is 70.2 Å². The van der Waals surface area contributed by atoms with Crippen LogP contribution in [-0.2, 0) is 77.3 Å². The standard InChI is InChI=1S/C19H22O7S.C19H20O5S.C14H14OS.C5H7BrO2.C2H6.I2.4O.Os/c1-13-4-5-16(10-14(13)2)26-15-6-8-17(9-7-15)27(23,24)12-19(22,11-20)18(21)25-3;1-13-5-6-17(11-14(13)2)24-16-7-9-18(10-8-16)25(21,22)12-15(3)19(20)23-4;1-10-3-4-13(9-11(10)2)15-12-5-7-14(16)8-6-12;1-4(3-6)5(7)8-2;2*1-2;;;;;/h4-10,20,22H,11-12H2,1-3H3;5-11H,3,12H2,1-2,4H3;3-9,16H,1-2H3;1,3H2,2H3;1-2H3;;;;;;. The van der Waals surface area contributed by atoms with E-state index in [-0.39, 0.29) is 21.3 Å². The number of methoxy groups -OCH3 is 3. The Kier molecular flexibility index (Phi) is 36.8. The van der Waals surface area contributed by atoms with Gasteiger partial charge in [0, 0.05) is 58.6 Å². The van der Waals surface area contributed by atoms with Crippen LogP contribution in [0.1, 0.15) is 47.2 Å². The van der Waals surface area contributed by atoms with Crippen LogP contribution in [0.2, 0.25) is 0 Å². The number of alkyl halides is 1. The normalized spacial score (nSPS) is 11.1. The predicted octanol–water partition coefficient (Wildman–Crippen LogP) is 13.2. The molecule has 0 amide bonds. The molecule has 0 saturated carbocycles. The number of benzene rings is 6. The molecule has 1 atom stereocenters. The third kappa shape index (κ3) is 30.2. The molecule has 0 spiro atoms. The Bertz CT molecular complexity index is 3610. The first-order valence-corrected chi connectivity index (χ1v) is 39.9. The monoisotopic (exact) mass is 1700 g/mol. The van der Waals surface area contributed by atoms with Gasteiger partial charge in [-0.2, -0.15) is 0 Å². The van der Waals surface area contributed by atoms with E-state index in [2.05, 4.69) is 113 Å². The number of hydrogen-bond donors (Lipinski definition) is 3. The average molecular weight is 1700 g/mol. The number of sulfone groups is 2. The molecular formula is C59H69BrI2O19OsS3. The molecule has 0 saturated heterocycles. The van der Waals surface area contributed by atoms with Crippen LogP contribution in [0.4, 0.5) is 0 Å². The third-order valence-electron chi connectivity index (χ3n) is 11.1. The number of ether oxygens (including phenoxy) is 6. The number of rotatable bonds is 17. The van der Waals surface area contributed by atoms with Crippen molar-refractivity contribution in [1.82, 2.24) is 0 Å². The van der Waals surface area contributed by atoms with Crippen LogP contribution in [0.25, 0.3) is 0 Å². The second kappa shape index (κ2) is 39.4. The molecule has 0 radical (unpaired) electrons. The molecule has 0 aromatic heterocycles. The average Bonchev–Trinajstić information content (AvgIpc) is 3.53. The number of aliphatic hydroxyl groups excluding tert-OH is 1. The van der Waals surface area contributed by atoms with Gasteiger partial charge < -0.3 is 38.6 Å². The predicted molar refractivity (Wildman–Crippen MR) is 341 cm³/mol. The van der Waals surface area contributed by atoms with Crippen molar-refractivity contribution in [1.29, 1.82) is 0 Å². The molecule has 0 heterocycles. The number of halogens is 3. The molecule has 85 heavy (non-hydrogen) atoms. The van der Waals surface area contributed by atoms with Crippen molar-refractivity contribution < 1.29 is 98.9 Å². The van der Waals surface area contributed by atoms with Gasteiger partial charge in [0.2, 0.25) is 0 Å². The van der Waals surface area contributed by atoms with E-state index in [4.69, 9.17) is 28.4 Å². The Morgan fingerprint density at radius 2 is 0.824 bits per heavy atom. The number of esters is 3. The summed E-state index contributed by atoms with van der Waals surface area (Å²) in [5, 5.41) is 19.7. The van der Waals surface area contributed by atoms with Gasteiger partial charge in [-0.15, -0.1) is 12.6 Å². The van der Waals surface area contributed by atoms with Gasteiger partial charge >= 0.3 is 46.9 Å². The quantitative estimate of drug-likeness (QED) is 0.0191. The van der Waals surface area contributed by atoms with Gasteiger partial charge in [-0.25, -0.2) is 31.2 Å². The van der Waals surface area contributed by atoms with E-state index in [9.17, 15) is 41.4 Å². The summed E-state index contributed by atoms with van der Waals surface area (Å²) in [5.41, 5.74) is 4.79. The Balaban J connectivity index is 0.00000112. The molecule has 26 heteroatoms.